The average molecular weight is 338 g/mol. The fraction of sp³-hybridized carbons (Fsp3) is 0.263. The van der Waals surface area contributed by atoms with Crippen molar-refractivity contribution in [3.8, 4) is 17.1 Å². The summed E-state index contributed by atoms with van der Waals surface area (Å²) in [5.41, 5.74) is 1.03. The average Bonchev–Trinajstić information content (AvgIpc) is 3.02. The molecule has 0 radical (unpaired) electrons. The summed E-state index contributed by atoms with van der Waals surface area (Å²) in [7, 11) is 0. The second kappa shape index (κ2) is 6.29. The van der Waals surface area contributed by atoms with E-state index in [-0.39, 0.29) is 17.4 Å². The van der Waals surface area contributed by atoms with Crippen LogP contribution < -0.4 is 10.6 Å². The molecule has 2 atom stereocenters. The molecule has 1 fully saturated rings. The maximum atomic E-state index is 13.6. The summed E-state index contributed by atoms with van der Waals surface area (Å²) in [6, 6.07) is 11.7. The molecule has 3 aromatic rings. The number of phenols is 1. The van der Waals surface area contributed by atoms with Gasteiger partial charge < -0.3 is 15.7 Å². The van der Waals surface area contributed by atoms with E-state index in [4.69, 9.17) is 0 Å². The van der Waals surface area contributed by atoms with Gasteiger partial charge in [-0.2, -0.15) is 0 Å². The molecule has 0 saturated carbocycles. The van der Waals surface area contributed by atoms with Gasteiger partial charge in [0.25, 0.3) is 0 Å². The third-order valence-corrected chi connectivity index (χ3v) is 4.64. The Kier molecular flexibility index (Phi) is 3.97. The number of rotatable bonds is 3. The highest BCUT2D eigenvalue weighted by atomic mass is 19.1. The fourth-order valence-corrected chi connectivity index (χ4v) is 3.17. The molecule has 1 aliphatic rings. The minimum Gasteiger partial charge on any atom is -0.507 e. The zero-order valence-corrected chi connectivity index (χ0v) is 13.8. The molecular weight excluding hydrogens is 319 g/mol. The van der Waals surface area contributed by atoms with Crippen LogP contribution in [-0.4, -0.2) is 34.2 Å². The zero-order chi connectivity index (χ0) is 17.4. The molecule has 128 valence electrons. The number of anilines is 1. The SMILES string of the molecule is C[C@H]1CNC[C@@H]1Nc1nc(-c2cc(F)ccc2O)nc2ccccc12. The molecule has 3 N–H and O–H groups in total. The molecule has 2 heterocycles. The number of aromatic hydroxyl groups is 1. The maximum Gasteiger partial charge on any atom is 0.165 e. The lowest BCUT2D eigenvalue weighted by Crippen LogP contribution is -2.27. The molecule has 4 rings (SSSR count). The van der Waals surface area contributed by atoms with E-state index >= 15 is 0 Å². The summed E-state index contributed by atoms with van der Waals surface area (Å²) in [6.45, 7) is 4.00. The van der Waals surface area contributed by atoms with E-state index < -0.39 is 5.82 Å². The molecule has 6 heteroatoms. The number of para-hydroxylation sites is 1. The first kappa shape index (κ1) is 15.8. The molecule has 25 heavy (non-hydrogen) atoms. The summed E-state index contributed by atoms with van der Waals surface area (Å²) in [4.78, 5) is 9.10. The summed E-state index contributed by atoms with van der Waals surface area (Å²) in [5.74, 6) is 0.993. The predicted octanol–water partition coefficient (Wildman–Crippen LogP) is 3.16. The number of nitrogens with zero attached hydrogens (tertiary/aromatic N) is 2. The lowest BCUT2D eigenvalue weighted by molar-refractivity contribution is 0.475. The van der Waals surface area contributed by atoms with Crippen molar-refractivity contribution in [3.05, 3.63) is 48.3 Å². The Hall–Kier alpha value is -2.73. The summed E-state index contributed by atoms with van der Waals surface area (Å²) in [5, 5.41) is 17.9. The Morgan fingerprint density at radius 2 is 2.00 bits per heavy atom. The topological polar surface area (TPSA) is 70.1 Å². The van der Waals surface area contributed by atoms with E-state index in [1.165, 1.54) is 18.2 Å². The van der Waals surface area contributed by atoms with Crippen LogP contribution in [0, 0.1) is 11.7 Å². The molecule has 5 nitrogen and oxygen atoms in total. The Bertz CT molecular complexity index is 930. The Labute approximate surface area is 144 Å². The van der Waals surface area contributed by atoms with Crippen LogP contribution >= 0.6 is 0 Å². The molecule has 0 unspecified atom stereocenters. The summed E-state index contributed by atoms with van der Waals surface area (Å²) in [6.07, 6.45) is 0. The summed E-state index contributed by atoms with van der Waals surface area (Å²) >= 11 is 0. The van der Waals surface area contributed by atoms with Crippen molar-refractivity contribution < 1.29 is 9.50 Å². The molecule has 1 aromatic heterocycles. The lowest BCUT2D eigenvalue weighted by atomic mass is 10.1. The van der Waals surface area contributed by atoms with E-state index in [0.717, 1.165) is 24.0 Å². The van der Waals surface area contributed by atoms with Crippen LogP contribution in [0.4, 0.5) is 10.2 Å². The number of hydrogen-bond donors (Lipinski definition) is 3. The van der Waals surface area contributed by atoms with Gasteiger partial charge in [-0.1, -0.05) is 19.1 Å². The first-order chi connectivity index (χ1) is 12.1. The Morgan fingerprint density at radius 3 is 2.80 bits per heavy atom. The standard InChI is InChI=1S/C19H19FN4O/c1-11-9-21-10-16(11)23-18-13-4-2-3-5-15(13)22-19(24-18)14-8-12(20)6-7-17(14)25/h2-8,11,16,21,25H,9-10H2,1H3,(H,22,23,24)/t11-,16-/m0/s1. The number of nitrogens with one attached hydrogen (secondary N) is 2. The van der Waals surface area contributed by atoms with Crippen LogP contribution in [-0.2, 0) is 0 Å². The van der Waals surface area contributed by atoms with Gasteiger partial charge in [0.1, 0.15) is 17.4 Å². The highest BCUT2D eigenvalue weighted by molar-refractivity contribution is 5.91. The monoisotopic (exact) mass is 338 g/mol. The van der Waals surface area contributed by atoms with E-state index in [1.807, 2.05) is 24.3 Å². The number of fused-ring (bicyclic) bond motifs is 1. The van der Waals surface area contributed by atoms with E-state index in [9.17, 15) is 9.50 Å². The number of benzene rings is 2. The van der Waals surface area contributed by atoms with Crippen molar-refractivity contribution in [2.24, 2.45) is 5.92 Å². The van der Waals surface area contributed by atoms with Crippen LogP contribution in [0.3, 0.4) is 0 Å². The van der Waals surface area contributed by atoms with E-state index in [1.54, 1.807) is 0 Å². The van der Waals surface area contributed by atoms with Crippen molar-refractivity contribution in [2.75, 3.05) is 18.4 Å². The van der Waals surface area contributed by atoms with Gasteiger partial charge in [-0.3, -0.25) is 0 Å². The molecular formula is C19H19FN4O. The minimum atomic E-state index is -0.437. The van der Waals surface area contributed by atoms with Crippen molar-refractivity contribution in [1.29, 1.82) is 0 Å². The van der Waals surface area contributed by atoms with Crippen LogP contribution in [0.5, 0.6) is 5.75 Å². The van der Waals surface area contributed by atoms with Gasteiger partial charge in [-0.25, -0.2) is 14.4 Å². The van der Waals surface area contributed by atoms with Gasteiger partial charge >= 0.3 is 0 Å². The van der Waals surface area contributed by atoms with Gasteiger partial charge in [0.15, 0.2) is 5.82 Å². The molecule has 1 saturated heterocycles. The molecule has 0 aliphatic carbocycles. The Balaban J connectivity index is 1.84. The molecule has 0 amide bonds. The molecule has 0 spiro atoms. The first-order valence-corrected chi connectivity index (χ1v) is 8.35. The smallest absolute Gasteiger partial charge is 0.165 e. The van der Waals surface area contributed by atoms with E-state index in [0.29, 0.717) is 17.6 Å². The van der Waals surface area contributed by atoms with Gasteiger partial charge in [0.05, 0.1) is 11.1 Å². The zero-order valence-electron chi connectivity index (χ0n) is 13.8. The number of phenolic OH excluding ortho intramolecular Hbond substituents is 1. The molecule has 2 aromatic carbocycles. The predicted molar refractivity (Wildman–Crippen MR) is 96.0 cm³/mol. The van der Waals surface area contributed by atoms with Gasteiger partial charge in [-0.05, 0) is 42.8 Å². The largest absolute Gasteiger partial charge is 0.507 e. The van der Waals surface area contributed by atoms with Crippen LogP contribution in [0.25, 0.3) is 22.3 Å². The first-order valence-electron chi connectivity index (χ1n) is 8.35. The number of halogens is 1. The second-order valence-corrected chi connectivity index (χ2v) is 6.46. The number of hydrogen-bond acceptors (Lipinski definition) is 5. The maximum absolute atomic E-state index is 13.6. The minimum absolute atomic E-state index is 0.0430. The Morgan fingerprint density at radius 1 is 1.16 bits per heavy atom. The second-order valence-electron chi connectivity index (χ2n) is 6.46. The number of aromatic nitrogens is 2. The molecule has 1 aliphatic heterocycles. The van der Waals surface area contributed by atoms with E-state index in [2.05, 4.69) is 27.5 Å². The van der Waals surface area contributed by atoms with Crippen molar-refractivity contribution in [3.63, 3.8) is 0 Å². The van der Waals surface area contributed by atoms with Crippen molar-refractivity contribution in [2.45, 2.75) is 13.0 Å². The van der Waals surface area contributed by atoms with Crippen LogP contribution in [0.2, 0.25) is 0 Å². The highest BCUT2D eigenvalue weighted by Crippen LogP contribution is 2.31. The van der Waals surface area contributed by atoms with Crippen molar-refractivity contribution >= 4 is 16.7 Å². The summed E-state index contributed by atoms with van der Waals surface area (Å²) < 4.78 is 13.6. The van der Waals surface area contributed by atoms with Gasteiger partial charge in [-0.15, -0.1) is 0 Å². The third kappa shape index (κ3) is 3.00. The van der Waals surface area contributed by atoms with Gasteiger partial charge in [0.2, 0.25) is 0 Å². The van der Waals surface area contributed by atoms with Crippen molar-refractivity contribution in [1.82, 2.24) is 15.3 Å². The highest BCUT2D eigenvalue weighted by Gasteiger charge is 2.24. The third-order valence-electron chi connectivity index (χ3n) is 4.64. The fourth-order valence-electron chi connectivity index (χ4n) is 3.17. The lowest BCUT2D eigenvalue weighted by Gasteiger charge is -2.19. The van der Waals surface area contributed by atoms with Gasteiger partial charge in [0, 0.05) is 18.0 Å². The quantitative estimate of drug-likeness (QED) is 0.684. The van der Waals surface area contributed by atoms with Crippen LogP contribution in [0.1, 0.15) is 6.92 Å². The van der Waals surface area contributed by atoms with Crippen LogP contribution in [0.15, 0.2) is 42.5 Å². The normalized spacial score (nSPS) is 20.1. The molecule has 0 bridgehead atoms.